The summed E-state index contributed by atoms with van der Waals surface area (Å²) >= 11 is 0. The highest BCUT2D eigenvalue weighted by Crippen LogP contribution is 2.18. The number of benzene rings is 1. The third-order valence-electron chi connectivity index (χ3n) is 2.90. The molecule has 5 heteroatoms. The lowest BCUT2D eigenvalue weighted by molar-refractivity contribution is -0.128. The highest BCUT2D eigenvalue weighted by Gasteiger charge is 2.21. The van der Waals surface area contributed by atoms with Crippen molar-refractivity contribution in [3.05, 3.63) is 24.3 Å². The Labute approximate surface area is 119 Å². The van der Waals surface area contributed by atoms with Gasteiger partial charge >= 0.3 is 0 Å². The second-order valence-electron chi connectivity index (χ2n) is 5.29. The molecule has 1 aromatic rings. The molecule has 1 atom stereocenters. The number of carbonyl (C=O) groups excluding carboxylic acids is 1. The van der Waals surface area contributed by atoms with Crippen molar-refractivity contribution in [1.29, 1.82) is 0 Å². The Morgan fingerprint density at radius 1 is 1.55 bits per heavy atom. The maximum atomic E-state index is 12.0. The van der Waals surface area contributed by atoms with Crippen molar-refractivity contribution in [3.8, 4) is 5.75 Å². The van der Waals surface area contributed by atoms with Gasteiger partial charge in [-0.05, 0) is 18.1 Å². The Kier molecular flexibility index (Phi) is 5.38. The highest BCUT2D eigenvalue weighted by molar-refractivity contribution is 5.94. The number of rotatable bonds is 5. The summed E-state index contributed by atoms with van der Waals surface area (Å²) in [5.41, 5.74) is 0.727. The number of hydrogen-bond acceptors (Lipinski definition) is 4. The molecule has 1 heterocycles. The van der Waals surface area contributed by atoms with Gasteiger partial charge in [-0.1, -0.05) is 19.9 Å². The second kappa shape index (κ2) is 7.26. The highest BCUT2D eigenvalue weighted by atomic mass is 16.5. The van der Waals surface area contributed by atoms with E-state index in [0.717, 1.165) is 18.0 Å². The SMILES string of the molecule is CC(C)COc1cccc(NC(=O)C2CNCCO2)c1. The zero-order valence-electron chi connectivity index (χ0n) is 12.0. The maximum Gasteiger partial charge on any atom is 0.254 e. The van der Waals surface area contributed by atoms with E-state index < -0.39 is 6.10 Å². The molecule has 1 saturated heterocycles. The van der Waals surface area contributed by atoms with Crippen LogP contribution in [-0.4, -0.2) is 38.3 Å². The fourth-order valence-electron chi connectivity index (χ4n) is 1.88. The molecule has 0 aromatic heterocycles. The van der Waals surface area contributed by atoms with E-state index in [4.69, 9.17) is 9.47 Å². The van der Waals surface area contributed by atoms with Crippen LogP contribution in [0, 0.1) is 5.92 Å². The van der Waals surface area contributed by atoms with Crippen molar-refractivity contribution >= 4 is 11.6 Å². The molecule has 0 aliphatic carbocycles. The van der Waals surface area contributed by atoms with Crippen molar-refractivity contribution in [2.24, 2.45) is 5.92 Å². The summed E-state index contributed by atoms with van der Waals surface area (Å²) in [6.07, 6.45) is -0.427. The first-order chi connectivity index (χ1) is 9.65. The summed E-state index contributed by atoms with van der Waals surface area (Å²) in [6.45, 7) is 6.76. The molecule has 5 nitrogen and oxygen atoms in total. The van der Waals surface area contributed by atoms with Gasteiger partial charge in [-0.25, -0.2) is 0 Å². The van der Waals surface area contributed by atoms with Crippen molar-refractivity contribution in [2.75, 3.05) is 31.6 Å². The maximum absolute atomic E-state index is 12.0. The van der Waals surface area contributed by atoms with Gasteiger partial charge in [0.2, 0.25) is 0 Å². The molecule has 0 radical (unpaired) electrons. The van der Waals surface area contributed by atoms with E-state index in [-0.39, 0.29) is 5.91 Å². The molecule has 2 N–H and O–H groups in total. The molecular formula is C15H22N2O3. The summed E-state index contributed by atoms with van der Waals surface area (Å²) in [6, 6.07) is 7.43. The number of carbonyl (C=O) groups is 1. The van der Waals surface area contributed by atoms with E-state index in [1.807, 2.05) is 24.3 Å². The van der Waals surface area contributed by atoms with Gasteiger partial charge in [-0.3, -0.25) is 4.79 Å². The van der Waals surface area contributed by atoms with Gasteiger partial charge in [0.1, 0.15) is 11.9 Å². The summed E-state index contributed by atoms with van der Waals surface area (Å²) < 4.78 is 11.1. The van der Waals surface area contributed by atoms with Gasteiger partial charge in [-0.15, -0.1) is 0 Å². The van der Waals surface area contributed by atoms with Crippen LogP contribution < -0.4 is 15.4 Å². The zero-order chi connectivity index (χ0) is 14.4. The Balaban J connectivity index is 1.91. The van der Waals surface area contributed by atoms with Gasteiger partial charge in [0.25, 0.3) is 5.91 Å². The number of ether oxygens (including phenoxy) is 2. The molecule has 0 bridgehead atoms. The van der Waals surface area contributed by atoms with Crippen LogP contribution in [0.4, 0.5) is 5.69 Å². The molecule has 1 aliphatic rings. The Morgan fingerprint density at radius 2 is 2.40 bits per heavy atom. The minimum Gasteiger partial charge on any atom is -0.493 e. The third kappa shape index (κ3) is 4.51. The van der Waals surface area contributed by atoms with Gasteiger partial charge < -0.3 is 20.1 Å². The lowest BCUT2D eigenvalue weighted by Gasteiger charge is -2.22. The number of anilines is 1. The van der Waals surface area contributed by atoms with E-state index in [0.29, 0.717) is 25.7 Å². The van der Waals surface area contributed by atoms with Gasteiger partial charge in [0.05, 0.1) is 13.2 Å². The summed E-state index contributed by atoms with van der Waals surface area (Å²) in [7, 11) is 0. The monoisotopic (exact) mass is 278 g/mol. The van der Waals surface area contributed by atoms with E-state index in [1.54, 1.807) is 0 Å². The third-order valence-corrected chi connectivity index (χ3v) is 2.90. The van der Waals surface area contributed by atoms with E-state index in [9.17, 15) is 4.79 Å². The molecule has 0 saturated carbocycles. The fraction of sp³-hybridized carbons (Fsp3) is 0.533. The molecule has 1 aliphatic heterocycles. The Bertz CT molecular complexity index is 442. The standard InChI is InChI=1S/C15H22N2O3/c1-11(2)10-20-13-5-3-4-12(8-13)17-15(18)14-9-16-6-7-19-14/h3-5,8,11,14,16H,6-7,9-10H2,1-2H3,(H,17,18). The van der Waals surface area contributed by atoms with E-state index in [2.05, 4.69) is 24.5 Å². The summed E-state index contributed by atoms with van der Waals surface area (Å²) in [5.74, 6) is 1.10. The van der Waals surface area contributed by atoms with Crippen molar-refractivity contribution in [3.63, 3.8) is 0 Å². The minimum absolute atomic E-state index is 0.127. The molecule has 0 spiro atoms. The van der Waals surface area contributed by atoms with E-state index >= 15 is 0 Å². The predicted octanol–water partition coefficient (Wildman–Crippen LogP) is 1.65. The average molecular weight is 278 g/mol. The molecule has 20 heavy (non-hydrogen) atoms. The fourth-order valence-corrected chi connectivity index (χ4v) is 1.88. The number of morpholine rings is 1. The Hall–Kier alpha value is -1.59. The molecule has 2 rings (SSSR count). The van der Waals surface area contributed by atoms with Crippen LogP contribution >= 0.6 is 0 Å². The summed E-state index contributed by atoms with van der Waals surface area (Å²) in [5, 5.41) is 5.99. The normalized spacial score (nSPS) is 18.9. The van der Waals surface area contributed by atoms with Crippen LogP contribution in [0.25, 0.3) is 0 Å². The lowest BCUT2D eigenvalue weighted by atomic mass is 10.2. The smallest absolute Gasteiger partial charge is 0.254 e. The van der Waals surface area contributed by atoms with Crippen LogP contribution in [0.3, 0.4) is 0 Å². The number of amides is 1. The molecular weight excluding hydrogens is 256 g/mol. The first kappa shape index (κ1) is 14.8. The second-order valence-corrected chi connectivity index (χ2v) is 5.29. The van der Waals surface area contributed by atoms with Gasteiger partial charge in [0, 0.05) is 24.8 Å². The lowest BCUT2D eigenvalue weighted by Crippen LogP contribution is -2.45. The van der Waals surface area contributed by atoms with Gasteiger partial charge in [0.15, 0.2) is 0 Å². The Morgan fingerprint density at radius 3 is 3.10 bits per heavy atom. The topological polar surface area (TPSA) is 59.6 Å². The van der Waals surface area contributed by atoms with Crippen molar-refractivity contribution in [1.82, 2.24) is 5.32 Å². The van der Waals surface area contributed by atoms with Crippen LogP contribution in [0.15, 0.2) is 24.3 Å². The molecule has 1 aromatic carbocycles. The average Bonchev–Trinajstić information content (AvgIpc) is 2.46. The van der Waals surface area contributed by atoms with Crippen LogP contribution in [-0.2, 0) is 9.53 Å². The van der Waals surface area contributed by atoms with Crippen molar-refractivity contribution < 1.29 is 14.3 Å². The molecule has 1 fully saturated rings. The van der Waals surface area contributed by atoms with Crippen molar-refractivity contribution in [2.45, 2.75) is 20.0 Å². The van der Waals surface area contributed by atoms with E-state index in [1.165, 1.54) is 0 Å². The first-order valence-corrected chi connectivity index (χ1v) is 7.01. The molecule has 1 amide bonds. The first-order valence-electron chi connectivity index (χ1n) is 7.01. The number of hydrogen-bond donors (Lipinski definition) is 2. The van der Waals surface area contributed by atoms with Crippen LogP contribution in [0.1, 0.15) is 13.8 Å². The van der Waals surface area contributed by atoms with Gasteiger partial charge in [-0.2, -0.15) is 0 Å². The summed E-state index contributed by atoms with van der Waals surface area (Å²) in [4.78, 5) is 12.0. The van der Waals surface area contributed by atoms with Crippen LogP contribution in [0.2, 0.25) is 0 Å². The predicted molar refractivity (Wildman–Crippen MR) is 78.0 cm³/mol. The largest absolute Gasteiger partial charge is 0.493 e. The van der Waals surface area contributed by atoms with Crippen LogP contribution in [0.5, 0.6) is 5.75 Å². The number of nitrogens with one attached hydrogen (secondary N) is 2. The molecule has 110 valence electrons. The zero-order valence-corrected chi connectivity index (χ0v) is 12.0. The molecule has 1 unspecified atom stereocenters. The quantitative estimate of drug-likeness (QED) is 0.860. The minimum atomic E-state index is -0.427.